The zero-order valence-corrected chi connectivity index (χ0v) is 12.1. The van der Waals surface area contributed by atoms with Crippen LogP contribution in [-0.4, -0.2) is 4.98 Å². The van der Waals surface area contributed by atoms with Crippen LogP contribution in [0.4, 0.5) is 14.5 Å². The molecule has 0 fully saturated rings. The fourth-order valence-corrected chi connectivity index (χ4v) is 2.03. The van der Waals surface area contributed by atoms with Crippen molar-refractivity contribution in [1.82, 2.24) is 4.98 Å². The average molecular weight is 327 g/mol. The third kappa shape index (κ3) is 3.29. The molecule has 0 saturated heterocycles. The smallest absolute Gasteiger partial charge is 0.128 e. The second-order valence-corrected chi connectivity index (χ2v) is 5.11. The largest absolute Gasteiger partial charge is 0.377 e. The highest BCUT2D eigenvalue weighted by molar-refractivity contribution is 9.10. The SMILES string of the molecule is Cc1cc(NC(C)c2cc(F)ccc2F)cnc1Br. The molecule has 0 spiro atoms. The van der Waals surface area contributed by atoms with Gasteiger partial charge >= 0.3 is 0 Å². The summed E-state index contributed by atoms with van der Waals surface area (Å²) in [5.41, 5.74) is 2.02. The molecule has 1 heterocycles. The van der Waals surface area contributed by atoms with E-state index in [9.17, 15) is 8.78 Å². The highest BCUT2D eigenvalue weighted by Gasteiger charge is 2.12. The van der Waals surface area contributed by atoms with Gasteiger partial charge in [-0.2, -0.15) is 0 Å². The van der Waals surface area contributed by atoms with Gasteiger partial charge in [-0.05, 0) is 59.6 Å². The summed E-state index contributed by atoms with van der Waals surface area (Å²) in [5.74, 6) is -0.877. The highest BCUT2D eigenvalue weighted by Crippen LogP contribution is 2.24. The molecule has 0 aliphatic carbocycles. The Bertz CT molecular complexity index is 602. The van der Waals surface area contributed by atoms with Crippen LogP contribution in [0.3, 0.4) is 0 Å². The Balaban J connectivity index is 2.22. The molecule has 0 radical (unpaired) electrons. The number of nitrogens with zero attached hydrogens (tertiary/aromatic N) is 1. The van der Waals surface area contributed by atoms with Crippen molar-refractivity contribution in [3.05, 3.63) is 57.8 Å². The first kappa shape index (κ1) is 13.9. The molecule has 2 rings (SSSR count). The van der Waals surface area contributed by atoms with E-state index in [1.165, 1.54) is 6.07 Å². The van der Waals surface area contributed by atoms with Gasteiger partial charge in [-0.1, -0.05) is 0 Å². The molecule has 19 heavy (non-hydrogen) atoms. The van der Waals surface area contributed by atoms with Crippen LogP contribution in [0.15, 0.2) is 35.1 Å². The quantitative estimate of drug-likeness (QED) is 0.833. The molecule has 2 aromatic rings. The third-order valence-corrected chi connectivity index (χ3v) is 3.65. The first-order valence-corrected chi connectivity index (χ1v) is 6.60. The number of anilines is 1. The lowest BCUT2D eigenvalue weighted by atomic mass is 10.1. The lowest BCUT2D eigenvalue weighted by Crippen LogP contribution is -2.09. The fourth-order valence-electron chi connectivity index (χ4n) is 1.81. The molecule has 1 N–H and O–H groups in total. The number of benzene rings is 1. The van der Waals surface area contributed by atoms with Gasteiger partial charge in [0.1, 0.15) is 16.2 Å². The maximum absolute atomic E-state index is 13.6. The monoisotopic (exact) mass is 326 g/mol. The van der Waals surface area contributed by atoms with Crippen LogP contribution in [0.1, 0.15) is 24.1 Å². The van der Waals surface area contributed by atoms with E-state index in [-0.39, 0.29) is 6.04 Å². The van der Waals surface area contributed by atoms with E-state index in [4.69, 9.17) is 0 Å². The summed E-state index contributed by atoms with van der Waals surface area (Å²) in [7, 11) is 0. The standard InChI is InChI=1S/C14H13BrF2N2/c1-8-5-11(7-18-14(8)15)19-9(2)12-6-10(16)3-4-13(12)17/h3-7,9,19H,1-2H3. The molecule has 0 aliphatic heterocycles. The van der Waals surface area contributed by atoms with Crippen molar-refractivity contribution in [1.29, 1.82) is 0 Å². The van der Waals surface area contributed by atoms with Gasteiger partial charge < -0.3 is 5.32 Å². The fraction of sp³-hybridized carbons (Fsp3) is 0.214. The first-order valence-electron chi connectivity index (χ1n) is 5.81. The minimum atomic E-state index is -0.449. The summed E-state index contributed by atoms with van der Waals surface area (Å²) in [4.78, 5) is 4.15. The van der Waals surface area contributed by atoms with Gasteiger partial charge in [0.05, 0.1) is 17.9 Å². The van der Waals surface area contributed by atoms with Crippen LogP contribution in [0.25, 0.3) is 0 Å². The lowest BCUT2D eigenvalue weighted by Gasteiger charge is -2.16. The zero-order chi connectivity index (χ0) is 14.0. The maximum Gasteiger partial charge on any atom is 0.128 e. The number of aromatic nitrogens is 1. The molecule has 1 aromatic carbocycles. The molecule has 1 unspecified atom stereocenters. The van der Waals surface area contributed by atoms with Crippen LogP contribution in [0.2, 0.25) is 0 Å². The van der Waals surface area contributed by atoms with Crippen LogP contribution in [0.5, 0.6) is 0 Å². The lowest BCUT2D eigenvalue weighted by molar-refractivity contribution is 0.577. The molecular weight excluding hydrogens is 314 g/mol. The summed E-state index contributed by atoms with van der Waals surface area (Å²) in [6.45, 7) is 3.69. The van der Waals surface area contributed by atoms with E-state index in [1.807, 2.05) is 13.0 Å². The number of rotatable bonds is 3. The summed E-state index contributed by atoms with van der Waals surface area (Å²) in [5, 5.41) is 3.10. The van der Waals surface area contributed by atoms with Crippen molar-refractivity contribution in [2.24, 2.45) is 0 Å². The Kier molecular flexibility index (Phi) is 4.14. The van der Waals surface area contributed by atoms with Gasteiger partial charge in [-0.25, -0.2) is 13.8 Å². The number of nitrogens with one attached hydrogen (secondary N) is 1. The van der Waals surface area contributed by atoms with E-state index < -0.39 is 11.6 Å². The summed E-state index contributed by atoms with van der Waals surface area (Å²) >= 11 is 3.31. The van der Waals surface area contributed by atoms with Crippen molar-refractivity contribution in [3.8, 4) is 0 Å². The van der Waals surface area contributed by atoms with Crippen molar-refractivity contribution in [3.63, 3.8) is 0 Å². The minimum absolute atomic E-state index is 0.292. The predicted molar refractivity (Wildman–Crippen MR) is 75.1 cm³/mol. The van der Waals surface area contributed by atoms with Crippen LogP contribution in [0, 0.1) is 18.6 Å². The predicted octanol–water partition coefficient (Wildman–Crippen LogP) is 4.60. The van der Waals surface area contributed by atoms with E-state index in [0.717, 1.165) is 28.0 Å². The molecule has 0 aliphatic rings. The van der Waals surface area contributed by atoms with Crippen LogP contribution < -0.4 is 5.32 Å². The van der Waals surface area contributed by atoms with Crippen molar-refractivity contribution in [2.75, 3.05) is 5.32 Å². The summed E-state index contributed by atoms with van der Waals surface area (Å²) in [6, 6.07) is 4.99. The molecule has 0 amide bonds. The number of aryl methyl sites for hydroxylation is 1. The third-order valence-electron chi connectivity index (χ3n) is 2.82. The minimum Gasteiger partial charge on any atom is -0.377 e. The molecule has 0 saturated carbocycles. The van der Waals surface area contributed by atoms with Crippen LogP contribution >= 0.6 is 15.9 Å². The molecule has 5 heteroatoms. The Morgan fingerprint density at radius 3 is 2.68 bits per heavy atom. The van der Waals surface area contributed by atoms with Gasteiger partial charge in [0.25, 0.3) is 0 Å². The Morgan fingerprint density at radius 2 is 2.00 bits per heavy atom. The van der Waals surface area contributed by atoms with E-state index in [0.29, 0.717) is 5.56 Å². The summed E-state index contributed by atoms with van der Waals surface area (Å²) in [6.07, 6.45) is 1.64. The normalized spacial score (nSPS) is 12.3. The number of halogens is 3. The molecular formula is C14H13BrF2N2. The summed E-state index contributed by atoms with van der Waals surface area (Å²) < 4.78 is 27.6. The Labute approximate surface area is 119 Å². The van der Waals surface area contributed by atoms with E-state index in [2.05, 4.69) is 26.2 Å². The molecule has 0 bridgehead atoms. The molecule has 1 aromatic heterocycles. The number of pyridine rings is 1. The number of hydrogen-bond donors (Lipinski definition) is 1. The average Bonchev–Trinajstić information content (AvgIpc) is 2.36. The molecule has 100 valence electrons. The van der Waals surface area contributed by atoms with Gasteiger partial charge in [0.2, 0.25) is 0 Å². The molecule has 2 nitrogen and oxygen atoms in total. The van der Waals surface area contributed by atoms with E-state index in [1.54, 1.807) is 13.1 Å². The van der Waals surface area contributed by atoms with Crippen molar-refractivity contribution in [2.45, 2.75) is 19.9 Å². The van der Waals surface area contributed by atoms with E-state index >= 15 is 0 Å². The first-order chi connectivity index (χ1) is 8.97. The topological polar surface area (TPSA) is 24.9 Å². The van der Waals surface area contributed by atoms with Gasteiger partial charge in [-0.15, -0.1) is 0 Å². The van der Waals surface area contributed by atoms with Crippen molar-refractivity contribution < 1.29 is 8.78 Å². The van der Waals surface area contributed by atoms with Crippen LogP contribution in [-0.2, 0) is 0 Å². The van der Waals surface area contributed by atoms with Gasteiger partial charge in [-0.3, -0.25) is 0 Å². The highest BCUT2D eigenvalue weighted by atomic mass is 79.9. The Hall–Kier alpha value is -1.49. The number of hydrogen-bond acceptors (Lipinski definition) is 2. The van der Waals surface area contributed by atoms with Gasteiger partial charge in [0, 0.05) is 5.56 Å². The maximum atomic E-state index is 13.6. The van der Waals surface area contributed by atoms with Crippen molar-refractivity contribution >= 4 is 21.6 Å². The second kappa shape index (κ2) is 5.65. The molecule has 1 atom stereocenters. The van der Waals surface area contributed by atoms with Gasteiger partial charge in [0.15, 0.2) is 0 Å². The Morgan fingerprint density at radius 1 is 1.26 bits per heavy atom. The zero-order valence-electron chi connectivity index (χ0n) is 10.5. The second-order valence-electron chi connectivity index (χ2n) is 4.36.